The highest BCUT2D eigenvalue weighted by Gasteiger charge is 2.33. The van der Waals surface area contributed by atoms with E-state index < -0.39 is 11.7 Å². The van der Waals surface area contributed by atoms with Crippen LogP contribution in [0, 0.1) is 14.9 Å². The maximum Gasteiger partial charge on any atom is 0.416 e. The summed E-state index contributed by atoms with van der Waals surface area (Å²) in [6, 6.07) is 7.02. The minimum absolute atomic E-state index is 0.0689. The fourth-order valence-electron chi connectivity index (χ4n) is 2.25. The molecule has 0 saturated carbocycles. The lowest BCUT2D eigenvalue weighted by Gasteiger charge is -2.15. The van der Waals surface area contributed by atoms with Crippen LogP contribution < -0.4 is 0 Å². The predicted octanol–water partition coefficient (Wildman–Crippen LogP) is 5.46. The Kier molecular flexibility index (Phi) is 4.74. The van der Waals surface area contributed by atoms with Crippen LogP contribution >= 0.6 is 45.8 Å². The molecule has 3 rings (SSSR count). The van der Waals surface area contributed by atoms with Gasteiger partial charge in [0.25, 0.3) is 0 Å². The fraction of sp³-hybridized carbons (Fsp3) is 0.0667. The third-order valence-corrected chi connectivity index (χ3v) is 4.89. The maximum atomic E-state index is 12.9. The molecule has 0 atom stereocenters. The Balaban J connectivity index is 2.30. The van der Waals surface area contributed by atoms with Crippen molar-refractivity contribution in [1.82, 2.24) is 14.3 Å². The third-order valence-electron chi connectivity index (χ3n) is 3.32. The van der Waals surface area contributed by atoms with Crippen molar-refractivity contribution in [3.05, 3.63) is 61.5 Å². The van der Waals surface area contributed by atoms with Gasteiger partial charge in [0.2, 0.25) is 0 Å². The molecule has 0 unspecified atom stereocenters. The van der Waals surface area contributed by atoms with Gasteiger partial charge in [0, 0.05) is 12.4 Å². The van der Waals surface area contributed by atoms with Crippen molar-refractivity contribution in [2.45, 2.75) is 6.18 Å². The van der Waals surface area contributed by atoms with E-state index in [0.717, 1.165) is 12.1 Å². The number of hydrogen-bond donors (Lipinski definition) is 0. The molecule has 2 heterocycles. The minimum Gasteiger partial charge on any atom is -0.308 e. The average Bonchev–Trinajstić information content (AvgIpc) is 3.13. The normalized spacial score (nSPS) is 11.6. The van der Waals surface area contributed by atoms with Gasteiger partial charge in [0.15, 0.2) is 11.5 Å². The van der Waals surface area contributed by atoms with Crippen molar-refractivity contribution in [3.63, 3.8) is 0 Å². The van der Waals surface area contributed by atoms with Crippen molar-refractivity contribution in [2.75, 3.05) is 0 Å². The smallest absolute Gasteiger partial charge is 0.308 e. The molecule has 1 aromatic carbocycles. The van der Waals surface area contributed by atoms with Crippen LogP contribution in [-0.4, -0.2) is 14.3 Å². The van der Waals surface area contributed by atoms with Gasteiger partial charge in [-0.05, 0) is 46.9 Å². The minimum atomic E-state index is -4.58. The van der Waals surface area contributed by atoms with Crippen LogP contribution in [0.25, 0.3) is 11.5 Å². The number of aromatic nitrogens is 3. The van der Waals surface area contributed by atoms with Crippen molar-refractivity contribution in [2.24, 2.45) is 0 Å². The fourth-order valence-corrected chi connectivity index (χ4v) is 3.63. The Hall–Kier alpha value is -1.70. The first-order valence-corrected chi connectivity index (χ1v) is 8.46. The number of alkyl halides is 3. The quantitative estimate of drug-likeness (QED) is 0.442. The summed E-state index contributed by atoms with van der Waals surface area (Å²) in [6.07, 6.45) is -1.16. The molecule has 2 aromatic heterocycles. The zero-order valence-corrected chi connectivity index (χ0v) is 15.7. The molecule has 25 heavy (non-hydrogen) atoms. The molecule has 0 aliphatic carbocycles. The summed E-state index contributed by atoms with van der Waals surface area (Å²) in [4.78, 5) is 0. The Labute approximate surface area is 163 Å². The summed E-state index contributed by atoms with van der Waals surface area (Å²) in [7, 11) is 0. The van der Waals surface area contributed by atoms with E-state index in [1.54, 1.807) is 29.1 Å². The van der Waals surface area contributed by atoms with Crippen LogP contribution in [0.1, 0.15) is 11.3 Å². The van der Waals surface area contributed by atoms with Gasteiger partial charge >= 0.3 is 6.18 Å². The highest BCUT2D eigenvalue weighted by atomic mass is 127. The Morgan fingerprint density at radius 1 is 1.12 bits per heavy atom. The lowest BCUT2D eigenvalue weighted by atomic mass is 10.2. The molecule has 0 aliphatic rings. The van der Waals surface area contributed by atoms with Gasteiger partial charge in [-0.2, -0.15) is 23.5 Å². The largest absolute Gasteiger partial charge is 0.416 e. The molecule has 3 aromatic rings. The standard InChI is InChI=1S/C15H6Cl2F3IN4/c16-9-5-8(15(18,19)20)6-10(17)13(9)25-14(24-3-1-2-4-24)12(21)11(7-22)23-25/h1-6H. The van der Waals surface area contributed by atoms with Gasteiger partial charge in [0.05, 0.1) is 19.2 Å². The maximum absolute atomic E-state index is 12.9. The number of hydrogen-bond acceptors (Lipinski definition) is 2. The molecular formula is C15H6Cl2F3IN4. The summed E-state index contributed by atoms with van der Waals surface area (Å²) in [6.45, 7) is 0. The summed E-state index contributed by atoms with van der Waals surface area (Å²) in [5, 5.41) is 12.9. The first kappa shape index (κ1) is 18.1. The second kappa shape index (κ2) is 6.55. The van der Waals surface area contributed by atoms with E-state index in [1.807, 2.05) is 28.7 Å². The van der Waals surface area contributed by atoms with Crippen LogP contribution in [0.4, 0.5) is 13.2 Å². The summed E-state index contributed by atoms with van der Waals surface area (Å²) in [5.41, 5.74) is -0.785. The molecule has 0 radical (unpaired) electrons. The lowest BCUT2D eigenvalue weighted by molar-refractivity contribution is -0.137. The number of nitriles is 1. The second-order valence-corrected chi connectivity index (χ2v) is 6.78. The molecule has 0 bridgehead atoms. The first-order chi connectivity index (χ1) is 11.7. The highest BCUT2D eigenvalue weighted by molar-refractivity contribution is 14.1. The van der Waals surface area contributed by atoms with E-state index in [0.29, 0.717) is 9.39 Å². The number of benzene rings is 1. The van der Waals surface area contributed by atoms with Crippen LogP contribution in [0.15, 0.2) is 36.7 Å². The average molecular weight is 497 g/mol. The Morgan fingerprint density at radius 3 is 2.16 bits per heavy atom. The third kappa shape index (κ3) is 3.23. The monoisotopic (exact) mass is 496 g/mol. The molecular weight excluding hydrogens is 491 g/mol. The van der Waals surface area contributed by atoms with E-state index in [4.69, 9.17) is 23.2 Å². The van der Waals surface area contributed by atoms with E-state index in [1.165, 1.54) is 4.68 Å². The van der Waals surface area contributed by atoms with Crippen molar-refractivity contribution in [1.29, 1.82) is 5.26 Å². The van der Waals surface area contributed by atoms with Gasteiger partial charge in [-0.3, -0.25) is 0 Å². The summed E-state index contributed by atoms with van der Waals surface area (Å²) < 4.78 is 42.2. The molecule has 0 N–H and O–H groups in total. The summed E-state index contributed by atoms with van der Waals surface area (Å²) >= 11 is 14.1. The van der Waals surface area contributed by atoms with Crippen LogP contribution in [-0.2, 0) is 6.18 Å². The van der Waals surface area contributed by atoms with Crippen LogP contribution in [0.3, 0.4) is 0 Å². The molecule has 10 heteroatoms. The number of halogens is 6. The van der Waals surface area contributed by atoms with Gasteiger partial charge < -0.3 is 4.57 Å². The highest BCUT2D eigenvalue weighted by Crippen LogP contribution is 2.38. The molecule has 4 nitrogen and oxygen atoms in total. The molecule has 0 saturated heterocycles. The van der Waals surface area contributed by atoms with Crippen molar-refractivity contribution < 1.29 is 13.2 Å². The van der Waals surface area contributed by atoms with Crippen molar-refractivity contribution >= 4 is 45.8 Å². The Morgan fingerprint density at radius 2 is 1.68 bits per heavy atom. The molecule has 0 amide bonds. The Bertz CT molecular complexity index is 965. The van der Waals surface area contributed by atoms with Gasteiger partial charge in [-0.1, -0.05) is 23.2 Å². The van der Waals surface area contributed by atoms with E-state index in [9.17, 15) is 18.4 Å². The van der Waals surface area contributed by atoms with Crippen LogP contribution in [0.5, 0.6) is 0 Å². The van der Waals surface area contributed by atoms with E-state index in [2.05, 4.69) is 5.10 Å². The zero-order valence-electron chi connectivity index (χ0n) is 12.0. The molecule has 128 valence electrons. The van der Waals surface area contributed by atoms with Crippen LogP contribution in [0.2, 0.25) is 10.0 Å². The first-order valence-electron chi connectivity index (χ1n) is 6.62. The van der Waals surface area contributed by atoms with E-state index in [-0.39, 0.29) is 21.4 Å². The zero-order chi connectivity index (χ0) is 18.4. The molecule has 0 aliphatic heterocycles. The lowest BCUT2D eigenvalue weighted by Crippen LogP contribution is -2.09. The predicted molar refractivity (Wildman–Crippen MR) is 95.3 cm³/mol. The molecule has 0 spiro atoms. The second-order valence-electron chi connectivity index (χ2n) is 4.89. The topological polar surface area (TPSA) is 46.5 Å². The summed E-state index contributed by atoms with van der Waals surface area (Å²) in [5.74, 6) is 0.450. The van der Waals surface area contributed by atoms with Gasteiger partial charge in [0.1, 0.15) is 11.8 Å². The number of nitrogens with zero attached hydrogens (tertiary/aromatic N) is 4. The van der Waals surface area contributed by atoms with E-state index >= 15 is 0 Å². The van der Waals surface area contributed by atoms with Gasteiger partial charge in [-0.25, -0.2) is 4.68 Å². The van der Waals surface area contributed by atoms with Crippen molar-refractivity contribution in [3.8, 4) is 17.6 Å². The number of rotatable bonds is 2. The van der Waals surface area contributed by atoms with Gasteiger partial charge in [-0.15, -0.1) is 0 Å². The molecule has 0 fully saturated rings. The SMILES string of the molecule is N#Cc1nn(-c2c(Cl)cc(C(F)(F)F)cc2Cl)c(-n2cccc2)c1I.